The van der Waals surface area contributed by atoms with Crippen LogP contribution in [-0.4, -0.2) is 44.0 Å². The summed E-state index contributed by atoms with van der Waals surface area (Å²) in [5.41, 5.74) is 0.611. The Hall–Kier alpha value is -0.810. The number of hydrogen-bond acceptors (Lipinski definition) is 3. The van der Waals surface area contributed by atoms with Gasteiger partial charge < -0.3 is 10.6 Å². The Morgan fingerprint density at radius 1 is 1.32 bits per heavy atom. The summed E-state index contributed by atoms with van der Waals surface area (Å²) in [6, 6.07) is 5.08. The van der Waals surface area contributed by atoms with Gasteiger partial charge in [-0.3, -0.25) is 9.69 Å². The van der Waals surface area contributed by atoms with Gasteiger partial charge in [-0.2, -0.15) is 0 Å². The Bertz CT molecular complexity index is 502. The minimum atomic E-state index is -0.0297. The zero-order chi connectivity index (χ0) is 15.9. The van der Waals surface area contributed by atoms with E-state index in [1.807, 2.05) is 7.05 Å². The summed E-state index contributed by atoms with van der Waals surface area (Å²) in [6.07, 6.45) is 3.55. The van der Waals surface area contributed by atoms with E-state index in [0.717, 1.165) is 38.4 Å². The summed E-state index contributed by atoms with van der Waals surface area (Å²) in [4.78, 5) is 14.3. The van der Waals surface area contributed by atoms with Gasteiger partial charge in [-0.05, 0) is 70.1 Å². The molecule has 0 spiro atoms. The van der Waals surface area contributed by atoms with Gasteiger partial charge in [0.2, 0.25) is 5.91 Å². The minimum absolute atomic E-state index is 0.0297. The van der Waals surface area contributed by atoms with Crippen molar-refractivity contribution < 1.29 is 4.79 Å². The second-order valence-corrected chi connectivity index (χ2v) is 6.63. The number of nitrogens with one attached hydrogen (secondary N) is 2. The smallest absolute Gasteiger partial charge is 0.238 e. The standard InChI is InChI=1S/C16H23Cl2N3O/c1-19-7-4-12-5-8-21(9-6-12)11-16(22)20-15-3-2-13(17)10-14(15)18/h2-3,10,12,19H,4-9,11H2,1H3,(H,20,22). The number of amides is 1. The highest BCUT2D eigenvalue weighted by molar-refractivity contribution is 6.36. The maximum Gasteiger partial charge on any atom is 0.238 e. The lowest BCUT2D eigenvalue weighted by Gasteiger charge is -2.31. The highest BCUT2D eigenvalue weighted by Gasteiger charge is 2.20. The van der Waals surface area contributed by atoms with Crippen LogP contribution in [0.2, 0.25) is 10.0 Å². The predicted octanol–water partition coefficient (Wildman–Crippen LogP) is 3.25. The number of benzene rings is 1. The fourth-order valence-electron chi connectivity index (χ4n) is 2.77. The van der Waals surface area contributed by atoms with E-state index in [2.05, 4.69) is 15.5 Å². The third-order valence-corrected chi connectivity index (χ3v) is 4.63. The van der Waals surface area contributed by atoms with Crippen LogP contribution in [0.1, 0.15) is 19.3 Å². The first kappa shape index (κ1) is 17.5. The molecule has 0 aromatic heterocycles. The monoisotopic (exact) mass is 343 g/mol. The van der Waals surface area contributed by atoms with E-state index in [0.29, 0.717) is 22.3 Å². The van der Waals surface area contributed by atoms with E-state index in [9.17, 15) is 4.79 Å². The van der Waals surface area contributed by atoms with Crippen molar-refractivity contribution in [3.8, 4) is 0 Å². The van der Waals surface area contributed by atoms with Gasteiger partial charge in [0, 0.05) is 5.02 Å². The van der Waals surface area contributed by atoms with E-state index in [1.54, 1.807) is 18.2 Å². The van der Waals surface area contributed by atoms with Crippen LogP contribution in [0.5, 0.6) is 0 Å². The van der Waals surface area contributed by atoms with E-state index in [4.69, 9.17) is 23.2 Å². The SMILES string of the molecule is CNCCC1CCN(CC(=O)Nc2ccc(Cl)cc2Cl)CC1. The predicted molar refractivity (Wildman–Crippen MR) is 92.8 cm³/mol. The van der Waals surface area contributed by atoms with Crippen molar-refractivity contribution in [3.63, 3.8) is 0 Å². The molecule has 1 heterocycles. The molecule has 1 aromatic carbocycles. The topological polar surface area (TPSA) is 44.4 Å². The number of anilines is 1. The molecule has 1 aliphatic heterocycles. The molecule has 4 nitrogen and oxygen atoms in total. The zero-order valence-corrected chi connectivity index (χ0v) is 14.4. The lowest BCUT2D eigenvalue weighted by Crippen LogP contribution is -2.39. The summed E-state index contributed by atoms with van der Waals surface area (Å²) >= 11 is 11.9. The number of piperidine rings is 1. The summed E-state index contributed by atoms with van der Waals surface area (Å²) in [6.45, 7) is 3.45. The van der Waals surface area contributed by atoms with Gasteiger partial charge in [-0.1, -0.05) is 23.2 Å². The maximum atomic E-state index is 12.1. The number of carbonyl (C=O) groups excluding carboxylic acids is 1. The van der Waals surface area contributed by atoms with Crippen LogP contribution in [0.15, 0.2) is 18.2 Å². The third-order valence-electron chi connectivity index (χ3n) is 4.08. The van der Waals surface area contributed by atoms with Crippen LogP contribution >= 0.6 is 23.2 Å². The van der Waals surface area contributed by atoms with Gasteiger partial charge in [0.05, 0.1) is 17.3 Å². The molecular formula is C16H23Cl2N3O. The second-order valence-electron chi connectivity index (χ2n) is 5.78. The molecule has 0 bridgehead atoms. The first-order chi connectivity index (χ1) is 10.6. The van der Waals surface area contributed by atoms with Crippen LogP contribution in [0.25, 0.3) is 0 Å². The Morgan fingerprint density at radius 2 is 2.05 bits per heavy atom. The maximum absolute atomic E-state index is 12.1. The molecule has 0 unspecified atom stereocenters. The number of likely N-dealkylation sites (tertiary alicyclic amines) is 1. The zero-order valence-electron chi connectivity index (χ0n) is 12.9. The highest BCUT2D eigenvalue weighted by Crippen LogP contribution is 2.25. The third kappa shape index (κ3) is 5.43. The lowest BCUT2D eigenvalue weighted by atomic mass is 9.93. The largest absolute Gasteiger partial charge is 0.324 e. The van der Waals surface area contributed by atoms with Gasteiger partial charge in [0.25, 0.3) is 0 Å². The van der Waals surface area contributed by atoms with Gasteiger partial charge in [-0.25, -0.2) is 0 Å². The van der Waals surface area contributed by atoms with E-state index in [-0.39, 0.29) is 5.91 Å². The lowest BCUT2D eigenvalue weighted by molar-refractivity contribution is -0.117. The average Bonchev–Trinajstić information content (AvgIpc) is 2.49. The highest BCUT2D eigenvalue weighted by atomic mass is 35.5. The Kier molecular flexibility index (Phi) is 6.96. The van der Waals surface area contributed by atoms with Gasteiger partial charge >= 0.3 is 0 Å². The van der Waals surface area contributed by atoms with Crippen molar-refractivity contribution in [1.82, 2.24) is 10.2 Å². The molecule has 1 amide bonds. The van der Waals surface area contributed by atoms with E-state index >= 15 is 0 Å². The van der Waals surface area contributed by atoms with Crippen molar-refractivity contribution in [2.24, 2.45) is 5.92 Å². The number of nitrogens with zero attached hydrogens (tertiary/aromatic N) is 1. The number of halogens is 2. The Balaban J connectivity index is 1.76. The van der Waals surface area contributed by atoms with Crippen LogP contribution in [0, 0.1) is 5.92 Å². The quantitative estimate of drug-likeness (QED) is 0.833. The van der Waals surface area contributed by atoms with Crippen molar-refractivity contribution in [2.75, 3.05) is 38.5 Å². The molecule has 2 rings (SSSR count). The number of carbonyl (C=O) groups is 1. The van der Waals surface area contributed by atoms with Crippen molar-refractivity contribution in [1.29, 1.82) is 0 Å². The van der Waals surface area contributed by atoms with Crippen LogP contribution in [0.3, 0.4) is 0 Å². The molecular weight excluding hydrogens is 321 g/mol. The van der Waals surface area contributed by atoms with Gasteiger partial charge in [-0.15, -0.1) is 0 Å². The molecule has 1 saturated heterocycles. The summed E-state index contributed by atoms with van der Waals surface area (Å²) in [7, 11) is 1.99. The van der Waals surface area contributed by atoms with Crippen LogP contribution < -0.4 is 10.6 Å². The summed E-state index contributed by atoms with van der Waals surface area (Å²) < 4.78 is 0. The summed E-state index contributed by atoms with van der Waals surface area (Å²) in [5, 5.41) is 7.07. The minimum Gasteiger partial charge on any atom is -0.324 e. The average molecular weight is 344 g/mol. The molecule has 0 saturated carbocycles. The molecule has 1 fully saturated rings. The number of rotatable bonds is 6. The normalized spacial score (nSPS) is 16.7. The molecule has 22 heavy (non-hydrogen) atoms. The molecule has 0 aliphatic carbocycles. The van der Waals surface area contributed by atoms with Crippen molar-refractivity contribution in [3.05, 3.63) is 28.2 Å². The van der Waals surface area contributed by atoms with E-state index < -0.39 is 0 Å². The molecule has 2 N–H and O–H groups in total. The van der Waals surface area contributed by atoms with Crippen molar-refractivity contribution >= 4 is 34.8 Å². The van der Waals surface area contributed by atoms with E-state index in [1.165, 1.54) is 6.42 Å². The van der Waals surface area contributed by atoms with Gasteiger partial charge in [0.1, 0.15) is 0 Å². The summed E-state index contributed by atoms with van der Waals surface area (Å²) in [5.74, 6) is 0.746. The van der Waals surface area contributed by atoms with Gasteiger partial charge in [0.15, 0.2) is 0 Å². The van der Waals surface area contributed by atoms with Crippen LogP contribution in [-0.2, 0) is 4.79 Å². The molecule has 1 aromatic rings. The first-order valence-corrected chi connectivity index (χ1v) is 8.46. The molecule has 6 heteroatoms. The van der Waals surface area contributed by atoms with Crippen LogP contribution in [0.4, 0.5) is 5.69 Å². The fraction of sp³-hybridized carbons (Fsp3) is 0.562. The Morgan fingerprint density at radius 3 is 2.68 bits per heavy atom. The Labute approximate surface area is 142 Å². The second kappa shape index (κ2) is 8.73. The molecule has 122 valence electrons. The van der Waals surface area contributed by atoms with Crippen molar-refractivity contribution in [2.45, 2.75) is 19.3 Å². The molecule has 1 aliphatic rings. The molecule has 0 atom stereocenters. The fourth-order valence-corrected chi connectivity index (χ4v) is 3.22. The molecule has 0 radical (unpaired) electrons. The number of hydrogen-bond donors (Lipinski definition) is 2. The first-order valence-electron chi connectivity index (χ1n) is 7.70.